The van der Waals surface area contributed by atoms with Crippen LogP contribution in [-0.4, -0.2) is 12.7 Å². The van der Waals surface area contributed by atoms with Crippen LogP contribution < -0.4 is 0 Å². The summed E-state index contributed by atoms with van der Waals surface area (Å²) in [4.78, 5) is 0. The van der Waals surface area contributed by atoms with E-state index in [1.165, 1.54) is 19.1 Å². The Morgan fingerprint density at radius 3 is 2.44 bits per heavy atom. The van der Waals surface area contributed by atoms with E-state index in [0.29, 0.717) is 12.0 Å². The molecule has 2 unspecified atom stereocenters. The molecular weight excluding hydrogens is 234 g/mol. The van der Waals surface area contributed by atoms with E-state index in [2.05, 4.69) is 6.92 Å². The maximum Gasteiger partial charge on any atom is 0.129 e. The maximum absolute atomic E-state index is 13.4. The molecule has 1 aliphatic heterocycles. The molecule has 1 aromatic carbocycles. The molecule has 2 atom stereocenters. The summed E-state index contributed by atoms with van der Waals surface area (Å²) in [6.07, 6.45) is 4.25. The molecule has 1 saturated heterocycles. The van der Waals surface area contributed by atoms with E-state index >= 15 is 0 Å². The predicted octanol–water partition coefficient (Wildman–Crippen LogP) is 4.02. The van der Waals surface area contributed by atoms with Crippen LogP contribution in [-0.2, 0) is 11.2 Å². The van der Waals surface area contributed by atoms with Gasteiger partial charge in [0.1, 0.15) is 11.6 Å². The standard InChI is InChI=1S/C15H20F2O/c1-10-3-4-12(9-18-10)5-6-13-7-14(16)11(2)15(17)8-13/h7-8,10,12H,3-6,9H2,1-2H3. The van der Waals surface area contributed by atoms with Crippen LogP contribution in [0.3, 0.4) is 0 Å². The zero-order chi connectivity index (χ0) is 13.1. The third kappa shape index (κ3) is 3.29. The molecule has 0 aromatic heterocycles. The Kier molecular flexibility index (Phi) is 4.33. The molecule has 1 aliphatic rings. The highest BCUT2D eigenvalue weighted by molar-refractivity contribution is 5.25. The van der Waals surface area contributed by atoms with E-state index < -0.39 is 11.6 Å². The number of halogens is 2. The van der Waals surface area contributed by atoms with Gasteiger partial charge in [-0.2, -0.15) is 0 Å². The molecular formula is C15H20F2O. The first kappa shape index (κ1) is 13.5. The number of aryl methyl sites for hydroxylation is 1. The van der Waals surface area contributed by atoms with Gasteiger partial charge in [0, 0.05) is 12.2 Å². The lowest BCUT2D eigenvalue weighted by atomic mass is 9.92. The lowest BCUT2D eigenvalue weighted by molar-refractivity contribution is -0.00694. The highest BCUT2D eigenvalue weighted by Gasteiger charge is 2.18. The molecule has 0 radical (unpaired) electrons. The van der Waals surface area contributed by atoms with Crippen molar-refractivity contribution in [3.8, 4) is 0 Å². The smallest absolute Gasteiger partial charge is 0.129 e. The van der Waals surface area contributed by atoms with Gasteiger partial charge in [-0.15, -0.1) is 0 Å². The van der Waals surface area contributed by atoms with E-state index in [1.54, 1.807) is 0 Å². The van der Waals surface area contributed by atoms with Crippen molar-refractivity contribution >= 4 is 0 Å². The Morgan fingerprint density at radius 1 is 1.22 bits per heavy atom. The third-order valence-electron chi connectivity index (χ3n) is 3.78. The minimum absolute atomic E-state index is 0.105. The van der Waals surface area contributed by atoms with Gasteiger partial charge < -0.3 is 4.74 Å². The minimum atomic E-state index is -0.446. The molecule has 0 N–H and O–H groups in total. The van der Waals surface area contributed by atoms with Crippen LogP contribution in [0.25, 0.3) is 0 Å². The predicted molar refractivity (Wildman–Crippen MR) is 67.6 cm³/mol. The van der Waals surface area contributed by atoms with Gasteiger partial charge in [0.2, 0.25) is 0 Å². The summed E-state index contributed by atoms with van der Waals surface area (Å²) in [5, 5.41) is 0. The molecule has 1 fully saturated rings. The lowest BCUT2D eigenvalue weighted by Crippen LogP contribution is -2.23. The zero-order valence-electron chi connectivity index (χ0n) is 11.0. The van der Waals surface area contributed by atoms with E-state index in [0.717, 1.165) is 37.9 Å². The summed E-state index contributed by atoms with van der Waals surface area (Å²) in [5.74, 6) is -0.370. The fourth-order valence-corrected chi connectivity index (χ4v) is 2.38. The Morgan fingerprint density at radius 2 is 1.89 bits per heavy atom. The number of rotatable bonds is 3. The molecule has 3 heteroatoms. The lowest BCUT2D eigenvalue weighted by Gasteiger charge is -2.26. The van der Waals surface area contributed by atoms with Gasteiger partial charge in [-0.25, -0.2) is 8.78 Å². The van der Waals surface area contributed by atoms with Gasteiger partial charge in [-0.1, -0.05) is 0 Å². The fraction of sp³-hybridized carbons (Fsp3) is 0.600. The van der Waals surface area contributed by atoms with Crippen molar-refractivity contribution < 1.29 is 13.5 Å². The summed E-state index contributed by atoms with van der Waals surface area (Å²) in [7, 11) is 0. The quantitative estimate of drug-likeness (QED) is 0.791. The summed E-state index contributed by atoms with van der Waals surface area (Å²) in [6, 6.07) is 2.90. The molecule has 1 nitrogen and oxygen atoms in total. The fourth-order valence-electron chi connectivity index (χ4n) is 2.38. The Hall–Kier alpha value is -0.960. The van der Waals surface area contributed by atoms with E-state index in [1.807, 2.05) is 0 Å². The highest BCUT2D eigenvalue weighted by atomic mass is 19.1. The molecule has 2 rings (SSSR count). The van der Waals surface area contributed by atoms with Crippen LogP contribution in [0, 0.1) is 24.5 Å². The molecule has 0 amide bonds. The van der Waals surface area contributed by atoms with E-state index in [-0.39, 0.29) is 5.56 Å². The molecule has 0 aliphatic carbocycles. The van der Waals surface area contributed by atoms with Crippen LogP contribution in [0.1, 0.15) is 37.3 Å². The molecule has 0 bridgehead atoms. The minimum Gasteiger partial charge on any atom is -0.378 e. The molecule has 18 heavy (non-hydrogen) atoms. The second-order valence-corrected chi connectivity index (χ2v) is 5.31. The molecule has 0 saturated carbocycles. The maximum atomic E-state index is 13.4. The first-order valence-electron chi connectivity index (χ1n) is 6.62. The van der Waals surface area contributed by atoms with Gasteiger partial charge >= 0.3 is 0 Å². The highest BCUT2D eigenvalue weighted by Crippen LogP contribution is 2.24. The van der Waals surface area contributed by atoms with E-state index in [4.69, 9.17) is 4.74 Å². The first-order valence-corrected chi connectivity index (χ1v) is 6.62. The van der Waals surface area contributed by atoms with Gasteiger partial charge in [0.15, 0.2) is 0 Å². The van der Waals surface area contributed by atoms with Crippen LogP contribution in [0.2, 0.25) is 0 Å². The van der Waals surface area contributed by atoms with Crippen molar-refractivity contribution in [3.05, 3.63) is 34.9 Å². The normalized spacial score (nSPS) is 24.2. The van der Waals surface area contributed by atoms with Gasteiger partial charge in [-0.3, -0.25) is 0 Å². The van der Waals surface area contributed by atoms with Gasteiger partial charge in [-0.05, 0) is 63.1 Å². The Bertz CT molecular complexity index is 386. The summed E-state index contributed by atoms with van der Waals surface area (Å²) < 4.78 is 32.4. The molecule has 1 heterocycles. The van der Waals surface area contributed by atoms with Crippen molar-refractivity contribution in [2.75, 3.05) is 6.61 Å². The summed E-state index contributed by atoms with van der Waals surface area (Å²) in [5.41, 5.74) is 0.850. The number of benzene rings is 1. The average Bonchev–Trinajstić information content (AvgIpc) is 2.35. The monoisotopic (exact) mass is 254 g/mol. The molecule has 0 spiro atoms. The second-order valence-electron chi connectivity index (χ2n) is 5.31. The van der Waals surface area contributed by atoms with Crippen molar-refractivity contribution in [1.29, 1.82) is 0 Å². The van der Waals surface area contributed by atoms with Crippen molar-refractivity contribution in [2.45, 2.75) is 45.6 Å². The van der Waals surface area contributed by atoms with Gasteiger partial charge in [0.25, 0.3) is 0 Å². The zero-order valence-corrected chi connectivity index (χ0v) is 11.0. The number of hydrogen-bond donors (Lipinski definition) is 0. The summed E-state index contributed by atoms with van der Waals surface area (Å²) in [6.45, 7) is 4.32. The summed E-state index contributed by atoms with van der Waals surface area (Å²) >= 11 is 0. The molecule has 1 aromatic rings. The van der Waals surface area contributed by atoms with Crippen LogP contribution in [0.4, 0.5) is 8.78 Å². The van der Waals surface area contributed by atoms with Crippen LogP contribution in [0.15, 0.2) is 12.1 Å². The average molecular weight is 254 g/mol. The Balaban J connectivity index is 1.90. The second kappa shape index (κ2) is 5.79. The van der Waals surface area contributed by atoms with Crippen LogP contribution in [0.5, 0.6) is 0 Å². The van der Waals surface area contributed by atoms with E-state index in [9.17, 15) is 8.78 Å². The topological polar surface area (TPSA) is 9.23 Å². The van der Waals surface area contributed by atoms with Gasteiger partial charge in [0.05, 0.1) is 6.10 Å². The number of ether oxygens (including phenoxy) is 1. The first-order chi connectivity index (χ1) is 8.56. The molecule has 100 valence electrons. The van der Waals surface area contributed by atoms with Crippen molar-refractivity contribution in [1.82, 2.24) is 0 Å². The SMILES string of the molecule is Cc1c(F)cc(CCC2CCC(C)OC2)cc1F. The van der Waals surface area contributed by atoms with Crippen molar-refractivity contribution in [3.63, 3.8) is 0 Å². The van der Waals surface area contributed by atoms with Crippen LogP contribution >= 0.6 is 0 Å². The Labute approximate surface area is 107 Å². The number of hydrogen-bond acceptors (Lipinski definition) is 1. The largest absolute Gasteiger partial charge is 0.378 e. The van der Waals surface area contributed by atoms with Crippen molar-refractivity contribution in [2.24, 2.45) is 5.92 Å². The third-order valence-corrected chi connectivity index (χ3v) is 3.78.